The second-order valence-corrected chi connectivity index (χ2v) is 14.2. The molecular formula is C47H36N2O. The zero-order chi connectivity index (χ0) is 32.8. The Morgan fingerprint density at radius 1 is 0.620 bits per heavy atom. The summed E-state index contributed by atoms with van der Waals surface area (Å²) in [5.41, 5.74) is 10.6. The molecule has 0 radical (unpaired) electrons. The van der Waals surface area contributed by atoms with E-state index in [4.69, 9.17) is 4.74 Å². The SMILES string of the molecule is C1=CC2C3=C(CCC(c4ccc5c(c4)c4c(n5-c5ccc6c7ccccc7c7ccccc7c6c5)OCC=C4)=C3)N(c3ccccc3)C2CC1. The predicted molar refractivity (Wildman–Crippen MR) is 209 cm³/mol. The van der Waals surface area contributed by atoms with Crippen LogP contribution in [0.5, 0.6) is 5.88 Å². The fourth-order valence-electron chi connectivity index (χ4n) is 9.45. The van der Waals surface area contributed by atoms with Gasteiger partial charge in [-0.1, -0.05) is 97.1 Å². The van der Waals surface area contributed by atoms with Crippen LogP contribution in [0.3, 0.4) is 0 Å². The lowest BCUT2D eigenvalue weighted by molar-refractivity contribution is 0.339. The van der Waals surface area contributed by atoms with Gasteiger partial charge in [0, 0.05) is 40.0 Å². The number of fused-ring (bicyclic) bond motifs is 11. The maximum atomic E-state index is 6.46. The van der Waals surface area contributed by atoms with Crippen LogP contribution in [0.1, 0.15) is 36.8 Å². The van der Waals surface area contributed by atoms with E-state index < -0.39 is 0 Å². The molecule has 2 aliphatic carbocycles. The monoisotopic (exact) mass is 644 g/mol. The number of hydrogen-bond donors (Lipinski definition) is 0. The Labute approximate surface area is 291 Å². The van der Waals surface area contributed by atoms with Gasteiger partial charge in [-0.2, -0.15) is 0 Å². The summed E-state index contributed by atoms with van der Waals surface area (Å²) in [7, 11) is 0. The molecule has 2 atom stereocenters. The maximum absolute atomic E-state index is 6.46. The van der Waals surface area contributed by atoms with Gasteiger partial charge in [0.25, 0.3) is 0 Å². The normalized spacial score (nSPS) is 19.6. The van der Waals surface area contributed by atoms with E-state index in [-0.39, 0.29) is 0 Å². The minimum absolute atomic E-state index is 0.448. The van der Waals surface area contributed by atoms with Crippen molar-refractivity contribution in [3.05, 3.63) is 162 Å². The van der Waals surface area contributed by atoms with Crippen molar-refractivity contribution in [2.45, 2.75) is 31.7 Å². The van der Waals surface area contributed by atoms with Gasteiger partial charge in [0.1, 0.15) is 6.61 Å². The van der Waals surface area contributed by atoms with Crippen molar-refractivity contribution in [2.24, 2.45) is 5.92 Å². The lowest BCUT2D eigenvalue weighted by atomic mass is 9.83. The minimum Gasteiger partial charge on any atom is -0.474 e. The van der Waals surface area contributed by atoms with Crippen LogP contribution < -0.4 is 9.64 Å². The summed E-state index contributed by atoms with van der Waals surface area (Å²) in [5.74, 6) is 1.38. The van der Waals surface area contributed by atoms with Gasteiger partial charge in [-0.25, -0.2) is 0 Å². The van der Waals surface area contributed by atoms with Gasteiger partial charge < -0.3 is 9.64 Å². The second-order valence-electron chi connectivity index (χ2n) is 14.2. The van der Waals surface area contributed by atoms with Crippen LogP contribution in [0.25, 0.3) is 60.6 Å². The molecule has 4 aliphatic rings. The van der Waals surface area contributed by atoms with E-state index in [2.05, 4.69) is 155 Å². The number of para-hydroxylation sites is 1. The van der Waals surface area contributed by atoms with Crippen LogP contribution in [-0.2, 0) is 0 Å². The lowest BCUT2D eigenvalue weighted by Gasteiger charge is -2.33. The Balaban J connectivity index is 1.06. The van der Waals surface area contributed by atoms with Gasteiger partial charge in [0.05, 0.1) is 5.52 Å². The molecule has 0 saturated carbocycles. The second kappa shape index (κ2) is 10.9. The first-order chi connectivity index (χ1) is 24.8. The summed E-state index contributed by atoms with van der Waals surface area (Å²) in [5, 5.41) is 8.95. The quantitative estimate of drug-likeness (QED) is 0.141. The lowest BCUT2D eigenvalue weighted by Crippen LogP contribution is -2.34. The number of ether oxygens (including phenoxy) is 1. The molecule has 7 aromatic rings. The van der Waals surface area contributed by atoms with Crippen molar-refractivity contribution in [2.75, 3.05) is 11.5 Å². The summed E-state index contributed by atoms with van der Waals surface area (Å²) in [6.07, 6.45) is 16.3. The highest BCUT2D eigenvalue weighted by Crippen LogP contribution is 2.49. The molecule has 2 unspecified atom stereocenters. The molecule has 0 fully saturated rings. The molecule has 0 amide bonds. The first kappa shape index (κ1) is 28.1. The Morgan fingerprint density at radius 3 is 2.16 bits per heavy atom. The standard InChI is InChI=1S/C47H36N2O/c1-2-11-32(12-3-1)48-44-19-9-8-17-39(44)42-27-30(20-24-45(42)48)31-21-25-46-43(28-31)40-18-10-26-50-47(40)49(46)33-22-23-38-36-15-5-4-13-34(36)35-14-6-7-16-37(35)41(38)29-33/h1-8,10-18,21-23,25,27-29,39,44H,9,19-20,24,26H2. The zero-order valence-electron chi connectivity index (χ0n) is 27.8. The maximum Gasteiger partial charge on any atom is 0.207 e. The fourth-order valence-corrected chi connectivity index (χ4v) is 9.45. The summed E-state index contributed by atoms with van der Waals surface area (Å²) >= 11 is 0. The van der Waals surface area contributed by atoms with E-state index in [1.165, 1.54) is 83.3 Å². The molecule has 3 nitrogen and oxygen atoms in total. The molecule has 3 heteroatoms. The first-order valence-corrected chi connectivity index (χ1v) is 18.1. The molecule has 0 spiro atoms. The molecule has 240 valence electrons. The number of anilines is 1. The van der Waals surface area contributed by atoms with Gasteiger partial charge in [-0.15, -0.1) is 0 Å². The Hall–Kier alpha value is -5.80. The van der Waals surface area contributed by atoms with Crippen molar-refractivity contribution in [3.63, 3.8) is 0 Å². The summed E-state index contributed by atoms with van der Waals surface area (Å²) < 4.78 is 8.80. The molecule has 11 rings (SSSR count). The zero-order valence-corrected chi connectivity index (χ0v) is 27.8. The minimum atomic E-state index is 0.448. The molecule has 3 heterocycles. The van der Waals surface area contributed by atoms with Crippen LogP contribution in [0.2, 0.25) is 0 Å². The predicted octanol–water partition coefficient (Wildman–Crippen LogP) is 11.8. The molecular weight excluding hydrogens is 609 g/mol. The third-order valence-electron chi connectivity index (χ3n) is 11.6. The van der Waals surface area contributed by atoms with Crippen molar-refractivity contribution in [1.82, 2.24) is 4.57 Å². The summed E-state index contributed by atoms with van der Waals surface area (Å²) in [6, 6.07) is 43.1. The molecule has 0 N–H and O–H groups in total. The molecule has 1 aromatic heterocycles. The first-order valence-electron chi connectivity index (χ1n) is 18.1. The highest BCUT2D eigenvalue weighted by atomic mass is 16.5. The topological polar surface area (TPSA) is 17.4 Å². The smallest absolute Gasteiger partial charge is 0.207 e. The number of benzene rings is 6. The summed E-state index contributed by atoms with van der Waals surface area (Å²) in [6.45, 7) is 0.577. The van der Waals surface area contributed by atoms with Crippen LogP contribution in [0.4, 0.5) is 5.69 Å². The third-order valence-corrected chi connectivity index (χ3v) is 11.6. The average Bonchev–Trinajstić information content (AvgIpc) is 3.70. The molecule has 50 heavy (non-hydrogen) atoms. The van der Waals surface area contributed by atoms with E-state index in [1.807, 2.05) is 0 Å². The van der Waals surface area contributed by atoms with Crippen LogP contribution in [0, 0.1) is 5.92 Å². The Morgan fingerprint density at radius 2 is 1.36 bits per heavy atom. The van der Waals surface area contributed by atoms with E-state index in [9.17, 15) is 0 Å². The fraction of sp³-hybridized carbons (Fsp3) is 0.149. The largest absolute Gasteiger partial charge is 0.474 e. The van der Waals surface area contributed by atoms with Crippen molar-refractivity contribution >= 4 is 60.6 Å². The number of nitrogens with zero attached hydrogens (tertiary/aromatic N) is 2. The Kier molecular flexibility index (Phi) is 6.09. The van der Waals surface area contributed by atoms with E-state index in [0.717, 1.165) is 30.8 Å². The molecule has 0 saturated heterocycles. The van der Waals surface area contributed by atoms with Gasteiger partial charge in [-0.3, -0.25) is 4.57 Å². The van der Waals surface area contributed by atoms with E-state index >= 15 is 0 Å². The Bertz CT molecular complexity index is 2630. The van der Waals surface area contributed by atoms with Gasteiger partial charge in [0.15, 0.2) is 0 Å². The third kappa shape index (κ3) is 4.04. The number of aromatic nitrogens is 1. The van der Waals surface area contributed by atoms with Crippen molar-refractivity contribution < 1.29 is 4.74 Å². The van der Waals surface area contributed by atoms with E-state index in [0.29, 0.717) is 18.6 Å². The number of rotatable bonds is 3. The molecule has 6 aromatic carbocycles. The van der Waals surface area contributed by atoms with Crippen LogP contribution >= 0.6 is 0 Å². The van der Waals surface area contributed by atoms with E-state index in [1.54, 1.807) is 0 Å². The highest BCUT2D eigenvalue weighted by molar-refractivity contribution is 6.25. The highest BCUT2D eigenvalue weighted by Gasteiger charge is 2.41. The van der Waals surface area contributed by atoms with Gasteiger partial charge >= 0.3 is 0 Å². The average molecular weight is 645 g/mol. The van der Waals surface area contributed by atoms with Gasteiger partial charge in [-0.05, 0) is 123 Å². The summed E-state index contributed by atoms with van der Waals surface area (Å²) in [4.78, 5) is 2.66. The van der Waals surface area contributed by atoms with Gasteiger partial charge in [0.2, 0.25) is 5.88 Å². The number of allylic oxidation sites excluding steroid dienone is 4. The van der Waals surface area contributed by atoms with Crippen LogP contribution in [0.15, 0.2) is 151 Å². The van der Waals surface area contributed by atoms with Crippen molar-refractivity contribution in [3.8, 4) is 11.6 Å². The molecule has 2 aliphatic heterocycles. The number of hydrogen-bond acceptors (Lipinski definition) is 2. The van der Waals surface area contributed by atoms with Crippen LogP contribution in [-0.4, -0.2) is 17.2 Å². The van der Waals surface area contributed by atoms with Crippen molar-refractivity contribution in [1.29, 1.82) is 0 Å². The molecule has 0 bridgehead atoms.